The standard InChI is InChI=1S/C21H21NO4/c1-15-17(26-19-12-18(23)22(15)19)13-21(10-6-3-7-11-21)20(24)25-14-16-8-4-2-5-9-16/h2-10,13,15,19H,11-12,14H2,1H3. The lowest BCUT2D eigenvalue weighted by Crippen LogP contribution is -2.51. The summed E-state index contributed by atoms with van der Waals surface area (Å²) in [4.78, 5) is 26.4. The summed E-state index contributed by atoms with van der Waals surface area (Å²) in [5, 5.41) is 0. The van der Waals surface area contributed by atoms with E-state index in [9.17, 15) is 9.59 Å². The summed E-state index contributed by atoms with van der Waals surface area (Å²) in [5.41, 5.74) is 0.0420. The van der Waals surface area contributed by atoms with Crippen LogP contribution in [0.15, 0.2) is 66.5 Å². The lowest BCUT2D eigenvalue weighted by Gasteiger charge is -2.33. The molecule has 4 rings (SSSR count). The van der Waals surface area contributed by atoms with E-state index in [0.717, 1.165) is 5.56 Å². The first kappa shape index (κ1) is 16.6. The molecule has 1 aliphatic carbocycles. The molecular formula is C21H21NO4. The molecule has 1 aromatic carbocycles. The second kappa shape index (κ2) is 6.48. The number of hydrogen-bond acceptors (Lipinski definition) is 4. The number of β-lactam (4-membered cyclic amide) rings is 1. The first-order valence-corrected chi connectivity index (χ1v) is 8.85. The molecule has 2 fully saturated rings. The Morgan fingerprint density at radius 3 is 2.81 bits per heavy atom. The van der Waals surface area contributed by atoms with Crippen LogP contribution in [0.3, 0.4) is 0 Å². The Hall–Kier alpha value is -2.82. The second-order valence-corrected chi connectivity index (χ2v) is 6.89. The van der Waals surface area contributed by atoms with Gasteiger partial charge in [0, 0.05) is 0 Å². The van der Waals surface area contributed by atoms with Gasteiger partial charge in [0.05, 0.1) is 12.5 Å². The number of nitrogens with zero attached hydrogens (tertiary/aromatic N) is 1. The topological polar surface area (TPSA) is 55.8 Å². The van der Waals surface area contributed by atoms with Gasteiger partial charge in [0.1, 0.15) is 17.8 Å². The minimum Gasteiger partial charge on any atom is -0.472 e. The summed E-state index contributed by atoms with van der Waals surface area (Å²) in [7, 11) is 0. The zero-order valence-corrected chi connectivity index (χ0v) is 14.6. The average Bonchev–Trinajstić information content (AvgIpc) is 2.90. The first-order chi connectivity index (χ1) is 12.6. The fourth-order valence-corrected chi connectivity index (χ4v) is 3.58. The molecule has 3 unspecified atom stereocenters. The second-order valence-electron chi connectivity index (χ2n) is 6.89. The third-order valence-electron chi connectivity index (χ3n) is 5.14. The molecular weight excluding hydrogens is 330 g/mol. The van der Waals surface area contributed by atoms with Gasteiger partial charge in [0.2, 0.25) is 5.91 Å². The smallest absolute Gasteiger partial charge is 0.320 e. The van der Waals surface area contributed by atoms with E-state index in [2.05, 4.69) is 0 Å². The number of ether oxygens (including phenoxy) is 2. The van der Waals surface area contributed by atoms with Gasteiger partial charge in [-0.15, -0.1) is 0 Å². The molecule has 2 aliphatic heterocycles. The van der Waals surface area contributed by atoms with Crippen LogP contribution in [0.1, 0.15) is 25.3 Å². The Morgan fingerprint density at radius 2 is 2.15 bits per heavy atom. The largest absolute Gasteiger partial charge is 0.472 e. The molecule has 5 heteroatoms. The summed E-state index contributed by atoms with van der Waals surface area (Å²) in [6.45, 7) is 2.15. The van der Waals surface area contributed by atoms with Gasteiger partial charge in [0.25, 0.3) is 0 Å². The molecule has 0 saturated carbocycles. The van der Waals surface area contributed by atoms with E-state index in [-0.39, 0.29) is 30.8 Å². The number of benzene rings is 1. The molecule has 0 radical (unpaired) electrons. The zero-order valence-electron chi connectivity index (χ0n) is 14.6. The van der Waals surface area contributed by atoms with Gasteiger partial charge in [-0.05, 0) is 25.0 Å². The summed E-state index contributed by atoms with van der Waals surface area (Å²) in [6, 6.07) is 9.45. The number of carbonyl (C=O) groups excluding carboxylic acids is 2. The lowest BCUT2D eigenvalue weighted by molar-refractivity contribution is -0.156. The van der Waals surface area contributed by atoms with Crippen molar-refractivity contribution in [3.63, 3.8) is 0 Å². The van der Waals surface area contributed by atoms with Gasteiger partial charge in [-0.1, -0.05) is 54.6 Å². The average molecular weight is 351 g/mol. The van der Waals surface area contributed by atoms with E-state index in [1.807, 2.05) is 67.6 Å². The van der Waals surface area contributed by atoms with Crippen LogP contribution in [0.4, 0.5) is 0 Å². The van der Waals surface area contributed by atoms with Crippen LogP contribution in [0.25, 0.3) is 0 Å². The third kappa shape index (κ3) is 2.83. The Morgan fingerprint density at radius 1 is 1.35 bits per heavy atom. The maximum absolute atomic E-state index is 12.9. The van der Waals surface area contributed by atoms with E-state index in [1.165, 1.54) is 0 Å². The SMILES string of the molecule is CC1C(=CC2(C(=O)OCc3ccccc3)C=CC=CC2)OC2CC(=O)N21. The number of esters is 1. The van der Waals surface area contributed by atoms with Crippen molar-refractivity contribution in [2.45, 2.75) is 38.6 Å². The van der Waals surface area contributed by atoms with Crippen molar-refractivity contribution < 1.29 is 19.1 Å². The van der Waals surface area contributed by atoms with Crippen molar-refractivity contribution >= 4 is 11.9 Å². The molecule has 1 aromatic rings. The van der Waals surface area contributed by atoms with Crippen LogP contribution in [0, 0.1) is 5.41 Å². The van der Waals surface area contributed by atoms with Crippen LogP contribution in [-0.2, 0) is 25.7 Å². The Bertz CT molecular complexity index is 811. The van der Waals surface area contributed by atoms with Gasteiger partial charge in [-0.2, -0.15) is 0 Å². The third-order valence-corrected chi connectivity index (χ3v) is 5.14. The van der Waals surface area contributed by atoms with Gasteiger partial charge < -0.3 is 9.47 Å². The molecule has 26 heavy (non-hydrogen) atoms. The van der Waals surface area contributed by atoms with Crippen molar-refractivity contribution in [2.24, 2.45) is 5.41 Å². The molecule has 3 aliphatic rings. The predicted molar refractivity (Wildman–Crippen MR) is 95.4 cm³/mol. The molecule has 1 amide bonds. The number of rotatable bonds is 4. The van der Waals surface area contributed by atoms with Gasteiger partial charge in [0.15, 0.2) is 6.23 Å². The summed E-state index contributed by atoms with van der Waals surface area (Å²) in [6.07, 6.45) is 10.1. The van der Waals surface area contributed by atoms with Crippen molar-refractivity contribution in [2.75, 3.05) is 0 Å². The Labute approximate surface area is 152 Å². The molecule has 0 N–H and O–H groups in total. The number of carbonyl (C=O) groups is 2. The molecule has 2 heterocycles. The number of hydrogen-bond donors (Lipinski definition) is 0. The number of allylic oxidation sites excluding steroid dienone is 3. The molecule has 3 atom stereocenters. The zero-order chi connectivity index (χ0) is 18.1. The molecule has 2 saturated heterocycles. The van der Waals surface area contributed by atoms with Crippen LogP contribution in [-0.4, -0.2) is 29.0 Å². The highest BCUT2D eigenvalue weighted by Gasteiger charge is 2.50. The van der Waals surface area contributed by atoms with Crippen LogP contribution >= 0.6 is 0 Å². The van der Waals surface area contributed by atoms with Gasteiger partial charge >= 0.3 is 5.97 Å². The quantitative estimate of drug-likeness (QED) is 0.618. The summed E-state index contributed by atoms with van der Waals surface area (Å²) < 4.78 is 11.5. The molecule has 134 valence electrons. The molecule has 0 spiro atoms. The minimum absolute atomic E-state index is 0.0886. The fraction of sp³-hybridized carbons (Fsp3) is 0.333. The van der Waals surface area contributed by atoms with Crippen LogP contribution < -0.4 is 0 Å². The van der Waals surface area contributed by atoms with E-state index in [4.69, 9.17) is 9.47 Å². The highest BCUT2D eigenvalue weighted by Crippen LogP contribution is 2.40. The maximum atomic E-state index is 12.9. The Kier molecular flexibility index (Phi) is 4.15. The summed E-state index contributed by atoms with van der Waals surface area (Å²) >= 11 is 0. The predicted octanol–water partition coefficient (Wildman–Crippen LogP) is 3.09. The molecule has 0 bridgehead atoms. The minimum atomic E-state index is -0.902. The lowest BCUT2D eigenvalue weighted by atomic mass is 9.80. The number of amides is 1. The van der Waals surface area contributed by atoms with Crippen molar-refractivity contribution in [1.82, 2.24) is 4.90 Å². The van der Waals surface area contributed by atoms with Crippen LogP contribution in [0.5, 0.6) is 0 Å². The number of fused-ring (bicyclic) bond motifs is 1. The maximum Gasteiger partial charge on any atom is 0.320 e. The van der Waals surface area contributed by atoms with Gasteiger partial charge in [-0.25, -0.2) is 0 Å². The van der Waals surface area contributed by atoms with Crippen LogP contribution in [0.2, 0.25) is 0 Å². The van der Waals surface area contributed by atoms with Gasteiger partial charge in [-0.3, -0.25) is 14.5 Å². The fourth-order valence-electron chi connectivity index (χ4n) is 3.58. The highest BCUT2D eigenvalue weighted by atomic mass is 16.5. The first-order valence-electron chi connectivity index (χ1n) is 8.85. The Balaban J connectivity index is 1.55. The molecule has 5 nitrogen and oxygen atoms in total. The van der Waals surface area contributed by atoms with E-state index in [1.54, 1.807) is 4.90 Å². The van der Waals surface area contributed by atoms with E-state index < -0.39 is 5.41 Å². The van der Waals surface area contributed by atoms with Crippen molar-refractivity contribution in [1.29, 1.82) is 0 Å². The highest BCUT2D eigenvalue weighted by molar-refractivity contribution is 5.85. The van der Waals surface area contributed by atoms with E-state index in [0.29, 0.717) is 18.6 Å². The summed E-state index contributed by atoms with van der Waals surface area (Å²) in [5.74, 6) is 0.439. The monoisotopic (exact) mass is 351 g/mol. The van der Waals surface area contributed by atoms with Crippen molar-refractivity contribution in [3.8, 4) is 0 Å². The van der Waals surface area contributed by atoms with E-state index >= 15 is 0 Å². The van der Waals surface area contributed by atoms with Crippen molar-refractivity contribution in [3.05, 3.63) is 72.0 Å². The normalized spacial score (nSPS) is 30.7. The molecule has 0 aromatic heterocycles.